The number of amides is 1. The van der Waals surface area contributed by atoms with E-state index in [2.05, 4.69) is 0 Å². The molecule has 120 valence electrons. The van der Waals surface area contributed by atoms with Crippen LogP contribution >= 0.6 is 0 Å². The maximum absolute atomic E-state index is 12.8. The van der Waals surface area contributed by atoms with Crippen LogP contribution in [0.4, 0.5) is 18.9 Å². The molecule has 1 unspecified atom stereocenters. The van der Waals surface area contributed by atoms with Gasteiger partial charge in [0.15, 0.2) is 0 Å². The number of halogens is 3. The molecule has 0 aliphatic carbocycles. The smallest absolute Gasteiger partial charge is 0.323 e. The molecule has 0 fully saturated rings. The SMILES string of the molecule is CC1c2cc([N+](=O)[O-])ccc2CC(C)(C)N1C(=O)C(F)(F)F. The summed E-state index contributed by atoms with van der Waals surface area (Å²) in [6.07, 6.45) is -4.78. The molecule has 0 saturated heterocycles. The van der Waals surface area contributed by atoms with Crippen LogP contribution in [0.5, 0.6) is 0 Å². The van der Waals surface area contributed by atoms with Crippen molar-refractivity contribution in [2.45, 2.75) is 44.9 Å². The van der Waals surface area contributed by atoms with E-state index in [0.29, 0.717) is 11.1 Å². The third-order valence-corrected chi connectivity index (χ3v) is 3.91. The van der Waals surface area contributed by atoms with Crippen LogP contribution in [0, 0.1) is 10.1 Å². The van der Waals surface area contributed by atoms with E-state index < -0.39 is 28.6 Å². The fraction of sp³-hybridized carbons (Fsp3) is 0.500. The Morgan fingerprint density at radius 2 is 2.00 bits per heavy atom. The zero-order chi connectivity index (χ0) is 16.9. The number of non-ortho nitro benzene ring substituents is 1. The lowest BCUT2D eigenvalue weighted by atomic mass is 9.81. The van der Waals surface area contributed by atoms with Crippen LogP contribution < -0.4 is 0 Å². The number of fused-ring (bicyclic) bond motifs is 1. The molecular formula is C14H15F3N2O3. The summed E-state index contributed by atoms with van der Waals surface area (Å²) in [6.45, 7) is 4.56. The van der Waals surface area contributed by atoms with E-state index in [9.17, 15) is 28.1 Å². The van der Waals surface area contributed by atoms with Crippen molar-refractivity contribution in [3.8, 4) is 0 Å². The van der Waals surface area contributed by atoms with Gasteiger partial charge in [0.1, 0.15) is 0 Å². The van der Waals surface area contributed by atoms with E-state index in [1.807, 2.05) is 0 Å². The normalized spacial score (nSPS) is 20.5. The van der Waals surface area contributed by atoms with Gasteiger partial charge in [-0.3, -0.25) is 14.9 Å². The first-order valence-electron chi connectivity index (χ1n) is 6.63. The van der Waals surface area contributed by atoms with Gasteiger partial charge in [-0.05, 0) is 38.3 Å². The van der Waals surface area contributed by atoms with E-state index in [0.717, 1.165) is 4.90 Å². The van der Waals surface area contributed by atoms with Gasteiger partial charge in [0.2, 0.25) is 0 Å². The molecule has 1 aromatic rings. The molecule has 0 saturated carbocycles. The van der Waals surface area contributed by atoms with Gasteiger partial charge < -0.3 is 4.90 Å². The Kier molecular flexibility index (Phi) is 3.67. The first-order valence-corrected chi connectivity index (χ1v) is 6.63. The number of nitrogens with zero attached hydrogens (tertiary/aromatic N) is 2. The molecule has 1 heterocycles. The molecule has 0 N–H and O–H groups in total. The first-order chi connectivity index (χ1) is 9.95. The summed E-state index contributed by atoms with van der Waals surface area (Å²) in [4.78, 5) is 22.7. The second-order valence-electron chi connectivity index (χ2n) is 5.98. The predicted octanol–water partition coefficient (Wildman–Crippen LogP) is 3.38. The van der Waals surface area contributed by atoms with Crippen molar-refractivity contribution < 1.29 is 22.9 Å². The number of alkyl halides is 3. The number of carbonyl (C=O) groups is 1. The summed E-state index contributed by atoms with van der Waals surface area (Å²) in [5, 5.41) is 10.8. The lowest BCUT2D eigenvalue weighted by Gasteiger charge is -2.47. The van der Waals surface area contributed by atoms with Crippen LogP contribution in [0.3, 0.4) is 0 Å². The van der Waals surface area contributed by atoms with Crippen LogP contribution in [-0.2, 0) is 11.2 Å². The van der Waals surface area contributed by atoms with Crippen molar-refractivity contribution >= 4 is 11.6 Å². The molecular weight excluding hydrogens is 301 g/mol. The molecule has 0 aromatic heterocycles. The number of nitro groups is 1. The van der Waals surface area contributed by atoms with Gasteiger partial charge in [-0.2, -0.15) is 13.2 Å². The minimum Gasteiger partial charge on any atom is -0.323 e. The first kappa shape index (κ1) is 16.3. The topological polar surface area (TPSA) is 63.5 Å². The van der Waals surface area contributed by atoms with Crippen molar-refractivity contribution in [3.63, 3.8) is 0 Å². The quantitative estimate of drug-likeness (QED) is 0.589. The Morgan fingerprint density at radius 3 is 2.50 bits per heavy atom. The van der Waals surface area contributed by atoms with E-state index in [1.165, 1.54) is 19.1 Å². The van der Waals surface area contributed by atoms with E-state index >= 15 is 0 Å². The van der Waals surface area contributed by atoms with Crippen LogP contribution in [0.1, 0.15) is 37.9 Å². The van der Waals surface area contributed by atoms with Gasteiger partial charge in [0, 0.05) is 17.7 Å². The van der Waals surface area contributed by atoms with Gasteiger partial charge in [-0.15, -0.1) is 0 Å². The third-order valence-electron chi connectivity index (χ3n) is 3.91. The largest absolute Gasteiger partial charge is 0.471 e. The van der Waals surface area contributed by atoms with Crippen molar-refractivity contribution in [2.24, 2.45) is 0 Å². The maximum atomic E-state index is 12.8. The standard InChI is InChI=1S/C14H15F3N2O3/c1-8-11-6-10(19(21)22)5-4-9(11)7-13(2,3)18(8)12(20)14(15,16)17/h4-6,8H,7H2,1-3H3. The Morgan fingerprint density at radius 1 is 1.41 bits per heavy atom. The minimum absolute atomic E-state index is 0.201. The lowest BCUT2D eigenvalue weighted by Crippen LogP contribution is -2.56. The molecule has 1 atom stereocenters. The molecule has 2 rings (SSSR count). The van der Waals surface area contributed by atoms with Gasteiger partial charge >= 0.3 is 12.1 Å². The molecule has 22 heavy (non-hydrogen) atoms. The van der Waals surface area contributed by atoms with Crippen molar-refractivity contribution in [1.29, 1.82) is 0 Å². The Bertz CT molecular complexity index is 641. The number of carbonyl (C=O) groups excluding carboxylic acids is 1. The highest BCUT2D eigenvalue weighted by molar-refractivity contribution is 5.83. The van der Waals surface area contributed by atoms with Gasteiger partial charge in [0.05, 0.1) is 11.0 Å². The summed E-state index contributed by atoms with van der Waals surface area (Å²) >= 11 is 0. The second kappa shape index (κ2) is 4.96. The lowest BCUT2D eigenvalue weighted by molar-refractivity contribution is -0.385. The minimum atomic E-state index is -4.98. The fourth-order valence-corrected chi connectivity index (χ4v) is 3.05. The Balaban J connectivity index is 2.54. The second-order valence-corrected chi connectivity index (χ2v) is 5.98. The molecule has 1 aliphatic heterocycles. The maximum Gasteiger partial charge on any atom is 0.471 e. The molecule has 0 radical (unpaired) electrons. The zero-order valence-corrected chi connectivity index (χ0v) is 12.3. The number of benzene rings is 1. The molecule has 0 bridgehead atoms. The highest BCUT2D eigenvalue weighted by Crippen LogP contribution is 2.41. The van der Waals surface area contributed by atoms with Gasteiger partial charge in [-0.25, -0.2) is 0 Å². The summed E-state index contributed by atoms with van der Waals surface area (Å²) in [5.41, 5.74) is -0.139. The molecule has 8 heteroatoms. The van der Waals surface area contributed by atoms with Gasteiger partial charge in [0.25, 0.3) is 5.69 Å². The summed E-state index contributed by atoms with van der Waals surface area (Å²) in [5.74, 6) is -1.93. The number of rotatable bonds is 1. The summed E-state index contributed by atoms with van der Waals surface area (Å²) < 4.78 is 38.5. The van der Waals surface area contributed by atoms with Crippen molar-refractivity contribution in [2.75, 3.05) is 0 Å². The Hall–Kier alpha value is -2.12. The molecule has 1 aromatic carbocycles. The van der Waals surface area contributed by atoms with Crippen LogP contribution in [0.15, 0.2) is 18.2 Å². The van der Waals surface area contributed by atoms with Crippen molar-refractivity contribution in [1.82, 2.24) is 4.90 Å². The van der Waals surface area contributed by atoms with Crippen LogP contribution in [0.25, 0.3) is 0 Å². The van der Waals surface area contributed by atoms with Crippen LogP contribution in [0.2, 0.25) is 0 Å². The Labute approximate surface area is 124 Å². The molecule has 1 aliphatic rings. The van der Waals surface area contributed by atoms with Crippen molar-refractivity contribution in [3.05, 3.63) is 39.4 Å². The fourth-order valence-electron chi connectivity index (χ4n) is 3.05. The molecule has 5 nitrogen and oxygen atoms in total. The van der Waals surface area contributed by atoms with Crippen LogP contribution in [-0.4, -0.2) is 27.4 Å². The number of hydrogen-bond acceptors (Lipinski definition) is 3. The average molecular weight is 316 g/mol. The average Bonchev–Trinajstić information content (AvgIpc) is 2.35. The summed E-state index contributed by atoms with van der Waals surface area (Å²) in [6, 6.07) is 3.21. The monoisotopic (exact) mass is 316 g/mol. The molecule has 1 amide bonds. The highest BCUT2D eigenvalue weighted by Gasteiger charge is 2.51. The third kappa shape index (κ3) is 2.65. The summed E-state index contributed by atoms with van der Waals surface area (Å²) in [7, 11) is 0. The van der Waals surface area contributed by atoms with Gasteiger partial charge in [-0.1, -0.05) is 6.07 Å². The number of hydrogen-bond donors (Lipinski definition) is 0. The molecule has 0 spiro atoms. The highest BCUT2D eigenvalue weighted by atomic mass is 19.4. The predicted molar refractivity (Wildman–Crippen MR) is 72.2 cm³/mol. The van der Waals surface area contributed by atoms with E-state index in [-0.39, 0.29) is 12.1 Å². The zero-order valence-electron chi connectivity index (χ0n) is 12.3. The van der Waals surface area contributed by atoms with E-state index in [1.54, 1.807) is 19.9 Å². The number of nitro benzene ring substituents is 1. The van der Waals surface area contributed by atoms with E-state index in [4.69, 9.17) is 0 Å².